The molecule has 1 amide bonds. The summed E-state index contributed by atoms with van der Waals surface area (Å²) >= 11 is 0. The van der Waals surface area contributed by atoms with Gasteiger partial charge in [-0.1, -0.05) is 35.5 Å². The van der Waals surface area contributed by atoms with Crippen molar-refractivity contribution in [3.63, 3.8) is 0 Å². The second-order valence-corrected chi connectivity index (χ2v) is 6.32. The van der Waals surface area contributed by atoms with Crippen LogP contribution < -0.4 is 5.56 Å². The van der Waals surface area contributed by atoms with Crippen molar-refractivity contribution < 1.29 is 9.32 Å². The first-order valence-electron chi connectivity index (χ1n) is 8.34. The van der Waals surface area contributed by atoms with Gasteiger partial charge in [0.2, 0.25) is 11.7 Å². The number of H-pyrrole nitrogens is 1. The number of hydrogen-bond donors (Lipinski definition) is 1. The SMILES string of the molecule is CN(Cc1nc(-c2ccccc2)no1)C(=O)c1cnc(C2CC2)[nH]c1=O. The highest BCUT2D eigenvalue weighted by atomic mass is 16.5. The minimum atomic E-state index is -0.444. The number of aromatic nitrogens is 4. The molecule has 1 aliphatic rings. The van der Waals surface area contributed by atoms with E-state index in [-0.39, 0.29) is 12.1 Å². The van der Waals surface area contributed by atoms with Crippen molar-refractivity contribution in [3.05, 3.63) is 64.2 Å². The molecule has 0 saturated heterocycles. The van der Waals surface area contributed by atoms with Gasteiger partial charge >= 0.3 is 0 Å². The summed E-state index contributed by atoms with van der Waals surface area (Å²) in [6.45, 7) is 0.0997. The van der Waals surface area contributed by atoms with Crippen LogP contribution in [0.25, 0.3) is 11.4 Å². The summed E-state index contributed by atoms with van der Waals surface area (Å²) in [7, 11) is 1.57. The first-order chi connectivity index (χ1) is 12.6. The first-order valence-corrected chi connectivity index (χ1v) is 8.34. The summed E-state index contributed by atoms with van der Waals surface area (Å²) in [5.74, 6) is 1.27. The Bertz CT molecular complexity index is 991. The molecule has 0 spiro atoms. The molecule has 1 aromatic carbocycles. The molecule has 0 bridgehead atoms. The van der Waals surface area contributed by atoms with Crippen molar-refractivity contribution in [1.29, 1.82) is 0 Å². The van der Waals surface area contributed by atoms with E-state index in [4.69, 9.17) is 4.52 Å². The molecular formula is C18H17N5O3. The molecule has 1 aliphatic carbocycles. The van der Waals surface area contributed by atoms with Crippen LogP contribution in [-0.2, 0) is 6.54 Å². The molecule has 1 saturated carbocycles. The average molecular weight is 351 g/mol. The number of nitrogens with one attached hydrogen (secondary N) is 1. The molecule has 0 atom stereocenters. The van der Waals surface area contributed by atoms with Crippen molar-refractivity contribution >= 4 is 5.91 Å². The quantitative estimate of drug-likeness (QED) is 0.753. The molecule has 8 heteroatoms. The lowest BCUT2D eigenvalue weighted by Gasteiger charge is -2.14. The number of nitrogens with zero attached hydrogens (tertiary/aromatic N) is 4. The Morgan fingerprint density at radius 1 is 1.31 bits per heavy atom. The van der Waals surface area contributed by atoms with Crippen LogP contribution in [0.5, 0.6) is 0 Å². The topological polar surface area (TPSA) is 105 Å². The van der Waals surface area contributed by atoms with Gasteiger partial charge in [0, 0.05) is 24.7 Å². The van der Waals surface area contributed by atoms with E-state index in [1.165, 1.54) is 11.1 Å². The van der Waals surface area contributed by atoms with E-state index in [2.05, 4.69) is 20.1 Å². The van der Waals surface area contributed by atoms with Gasteiger partial charge in [-0.15, -0.1) is 0 Å². The van der Waals surface area contributed by atoms with Crippen molar-refractivity contribution in [1.82, 2.24) is 25.0 Å². The molecule has 26 heavy (non-hydrogen) atoms. The zero-order valence-corrected chi connectivity index (χ0v) is 14.2. The minimum absolute atomic E-state index is 0.000279. The van der Waals surface area contributed by atoms with E-state index in [0.29, 0.717) is 23.5 Å². The summed E-state index contributed by atoms with van der Waals surface area (Å²) < 4.78 is 5.21. The predicted octanol–water partition coefficient (Wildman–Crippen LogP) is 1.97. The molecule has 1 fully saturated rings. The molecule has 8 nitrogen and oxygen atoms in total. The Hall–Kier alpha value is -3.29. The third-order valence-corrected chi connectivity index (χ3v) is 4.23. The number of carbonyl (C=O) groups is 1. The molecule has 4 rings (SSSR count). The van der Waals surface area contributed by atoms with Gasteiger partial charge in [0.25, 0.3) is 11.5 Å². The van der Waals surface area contributed by atoms with Crippen molar-refractivity contribution in [2.75, 3.05) is 7.05 Å². The summed E-state index contributed by atoms with van der Waals surface area (Å²) in [6, 6.07) is 9.40. The summed E-state index contributed by atoms with van der Waals surface area (Å²) in [4.78, 5) is 37.2. The normalized spacial score (nSPS) is 13.6. The Balaban J connectivity index is 1.48. The smallest absolute Gasteiger partial charge is 0.263 e. The number of hydrogen-bond acceptors (Lipinski definition) is 6. The van der Waals surface area contributed by atoms with Crippen LogP contribution in [0.3, 0.4) is 0 Å². The Morgan fingerprint density at radius 2 is 2.08 bits per heavy atom. The van der Waals surface area contributed by atoms with Crippen molar-refractivity contribution in [3.8, 4) is 11.4 Å². The lowest BCUT2D eigenvalue weighted by atomic mass is 10.2. The minimum Gasteiger partial charge on any atom is -0.337 e. The molecule has 0 radical (unpaired) electrons. The van der Waals surface area contributed by atoms with E-state index in [1.54, 1.807) is 7.05 Å². The highest BCUT2D eigenvalue weighted by molar-refractivity contribution is 5.93. The van der Waals surface area contributed by atoms with Gasteiger partial charge in [0.15, 0.2) is 0 Å². The largest absolute Gasteiger partial charge is 0.337 e. The van der Waals surface area contributed by atoms with E-state index >= 15 is 0 Å². The summed E-state index contributed by atoms with van der Waals surface area (Å²) in [6.07, 6.45) is 3.39. The fourth-order valence-corrected chi connectivity index (χ4v) is 2.63. The third-order valence-electron chi connectivity index (χ3n) is 4.23. The van der Waals surface area contributed by atoms with E-state index in [9.17, 15) is 9.59 Å². The number of carbonyl (C=O) groups excluding carboxylic acids is 1. The Morgan fingerprint density at radius 3 is 2.77 bits per heavy atom. The van der Waals surface area contributed by atoms with Gasteiger partial charge in [-0.25, -0.2) is 4.98 Å². The van der Waals surface area contributed by atoms with Gasteiger partial charge in [0.05, 0.1) is 0 Å². The standard InChI is InChI=1S/C18H17N5O3/c1-23(10-14-20-16(22-26-14)11-5-3-2-4-6-11)18(25)13-9-19-15(12-7-8-12)21-17(13)24/h2-6,9,12H,7-8,10H2,1H3,(H,19,21,24). The van der Waals surface area contributed by atoms with Gasteiger partial charge in [-0.2, -0.15) is 4.98 Å². The van der Waals surface area contributed by atoms with Gasteiger partial charge < -0.3 is 14.4 Å². The molecular weight excluding hydrogens is 334 g/mol. The molecule has 3 aromatic rings. The second-order valence-electron chi connectivity index (χ2n) is 6.32. The first kappa shape index (κ1) is 16.2. The van der Waals surface area contributed by atoms with E-state index in [0.717, 1.165) is 18.4 Å². The van der Waals surface area contributed by atoms with Crippen LogP contribution in [0.15, 0.2) is 45.8 Å². The van der Waals surface area contributed by atoms with Gasteiger partial charge in [0.1, 0.15) is 17.9 Å². The number of benzene rings is 1. The second kappa shape index (κ2) is 6.55. The molecule has 2 aromatic heterocycles. The molecule has 0 unspecified atom stereocenters. The average Bonchev–Trinajstić information content (AvgIpc) is 3.41. The molecule has 132 valence electrons. The fraction of sp³-hybridized carbons (Fsp3) is 0.278. The number of rotatable bonds is 5. The Labute approximate surface area is 148 Å². The Kier molecular flexibility index (Phi) is 4.08. The van der Waals surface area contributed by atoms with E-state index < -0.39 is 11.5 Å². The van der Waals surface area contributed by atoms with Crippen LogP contribution in [0.1, 0.15) is 40.8 Å². The van der Waals surface area contributed by atoms with E-state index in [1.807, 2.05) is 30.3 Å². The lowest BCUT2D eigenvalue weighted by Crippen LogP contribution is -2.32. The fourth-order valence-electron chi connectivity index (χ4n) is 2.63. The van der Waals surface area contributed by atoms with Crippen molar-refractivity contribution in [2.24, 2.45) is 0 Å². The van der Waals surface area contributed by atoms with Crippen LogP contribution in [0.2, 0.25) is 0 Å². The number of aromatic amines is 1. The third kappa shape index (κ3) is 3.26. The van der Waals surface area contributed by atoms with Gasteiger partial charge in [-0.05, 0) is 12.8 Å². The molecule has 0 aliphatic heterocycles. The summed E-state index contributed by atoms with van der Waals surface area (Å²) in [5, 5.41) is 3.92. The highest BCUT2D eigenvalue weighted by Gasteiger charge is 2.27. The zero-order chi connectivity index (χ0) is 18.1. The highest BCUT2D eigenvalue weighted by Crippen LogP contribution is 2.37. The van der Waals surface area contributed by atoms with Crippen LogP contribution in [-0.4, -0.2) is 38.0 Å². The maximum atomic E-state index is 12.5. The lowest BCUT2D eigenvalue weighted by molar-refractivity contribution is 0.0767. The monoisotopic (exact) mass is 351 g/mol. The maximum absolute atomic E-state index is 12.5. The molecule has 1 N–H and O–H groups in total. The number of amides is 1. The van der Waals surface area contributed by atoms with Crippen molar-refractivity contribution in [2.45, 2.75) is 25.3 Å². The predicted molar refractivity (Wildman–Crippen MR) is 92.4 cm³/mol. The van der Waals surface area contributed by atoms with Crippen LogP contribution in [0.4, 0.5) is 0 Å². The van der Waals surface area contributed by atoms with Gasteiger partial charge in [-0.3, -0.25) is 9.59 Å². The molecule has 2 heterocycles. The maximum Gasteiger partial charge on any atom is 0.263 e. The van der Waals surface area contributed by atoms with Crippen LogP contribution in [0, 0.1) is 0 Å². The van der Waals surface area contributed by atoms with Crippen LogP contribution >= 0.6 is 0 Å². The summed E-state index contributed by atoms with van der Waals surface area (Å²) in [5.41, 5.74) is 0.404. The zero-order valence-electron chi connectivity index (χ0n) is 14.2.